The van der Waals surface area contributed by atoms with Crippen LogP contribution in [0.4, 0.5) is 24.4 Å². The summed E-state index contributed by atoms with van der Waals surface area (Å²) in [5.41, 5.74) is 5.14. The molecular formula is C17H16F2N4O3S. The number of benzene rings is 1. The summed E-state index contributed by atoms with van der Waals surface area (Å²) in [7, 11) is 0. The number of carbonyl (C=O) groups excluding carboxylic acids is 1. The van der Waals surface area contributed by atoms with Crippen molar-refractivity contribution in [2.75, 3.05) is 11.1 Å². The third-order valence-electron chi connectivity index (χ3n) is 3.12. The van der Waals surface area contributed by atoms with Crippen LogP contribution in [0.25, 0.3) is 10.3 Å². The zero-order valence-electron chi connectivity index (χ0n) is 14.7. The van der Waals surface area contributed by atoms with Crippen LogP contribution >= 0.6 is 11.3 Å². The first-order valence-electron chi connectivity index (χ1n) is 7.81. The third kappa shape index (κ3) is 4.59. The monoisotopic (exact) mass is 394 g/mol. The van der Waals surface area contributed by atoms with Gasteiger partial charge < -0.3 is 15.2 Å². The van der Waals surface area contributed by atoms with Gasteiger partial charge in [-0.1, -0.05) is 11.3 Å². The molecule has 142 valence electrons. The fourth-order valence-electron chi connectivity index (χ4n) is 2.10. The molecule has 2 aromatic heterocycles. The number of aromatic nitrogens is 2. The van der Waals surface area contributed by atoms with E-state index in [1.165, 1.54) is 6.07 Å². The summed E-state index contributed by atoms with van der Waals surface area (Å²) in [4.78, 5) is 20.6. The van der Waals surface area contributed by atoms with Crippen molar-refractivity contribution in [2.24, 2.45) is 0 Å². The zero-order chi connectivity index (χ0) is 19.8. The van der Waals surface area contributed by atoms with Gasteiger partial charge in [0.25, 0.3) is 0 Å². The Hall–Kier alpha value is -3.01. The number of hydrogen-bond acceptors (Lipinski definition) is 7. The maximum absolute atomic E-state index is 14.1. The molecule has 0 spiro atoms. The van der Waals surface area contributed by atoms with Crippen molar-refractivity contribution in [1.82, 2.24) is 9.97 Å². The van der Waals surface area contributed by atoms with E-state index < -0.39 is 23.3 Å². The number of hydrogen-bond donors (Lipinski definition) is 2. The number of nitrogens with zero attached hydrogens (tertiary/aromatic N) is 2. The maximum atomic E-state index is 14.1. The summed E-state index contributed by atoms with van der Waals surface area (Å²) >= 11 is 1.15. The number of nitrogen functional groups attached to an aromatic ring is 1. The Labute approximate surface area is 157 Å². The fourth-order valence-corrected chi connectivity index (χ4v) is 2.80. The molecule has 0 aliphatic carbocycles. The third-order valence-corrected chi connectivity index (χ3v) is 3.91. The average Bonchev–Trinajstić information content (AvgIpc) is 2.89. The molecule has 3 aromatic rings. The standard InChI is InChI=1S/C17H16F2N4O3S/c1-17(2,3)26-16(24)22-11-7-12(9(19)6-8(11)18)25-13-5-4-10-14(23-13)27-15(20)21-10/h4-7H,1-3H3,(H2,20,21)(H,22,24). The summed E-state index contributed by atoms with van der Waals surface area (Å²) in [6, 6.07) is 4.71. The van der Waals surface area contributed by atoms with E-state index in [0.717, 1.165) is 17.4 Å². The van der Waals surface area contributed by atoms with Gasteiger partial charge in [-0.3, -0.25) is 5.32 Å². The smallest absolute Gasteiger partial charge is 0.412 e. The van der Waals surface area contributed by atoms with Crippen LogP contribution < -0.4 is 15.8 Å². The highest BCUT2D eigenvalue weighted by molar-refractivity contribution is 7.21. The molecule has 0 aliphatic heterocycles. The molecule has 7 nitrogen and oxygen atoms in total. The van der Waals surface area contributed by atoms with E-state index in [-0.39, 0.29) is 17.3 Å². The van der Waals surface area contributed by atoms with Crippen molar-refractivity contribution in [1.29, 1.82) is 0 Å². The van der Waals surface area contributed by atoms with Crippen LogP contribution in [0, 0.1) is 11.6 Å². The second-order valence-corrected chi connectivity index (χ2v) is 7.53. The normalized spacial score (nSPS) is 11.4. The zero-order valence-corrected chi connectivity index (χ0v) is 15.5. The molecule has 2 heterocycles. The van der Waals surface area contributed by atoms with Gasteiger partial charge in [0, 0.05) is 18.2 Å². The Morgan fingerprint density at radius 2 is 1.93 bits per heavy atom. The lowest BCUT2D eigenvalue weighted by molar-refractivity contribution is 0.0635. The molecule has 0 radical (unpaired) electrons. The van der Waals surface area contributed by atoms with Crippen molar-refractivity contribution < 1.29 is 23.0 Å². The molecule has 3 N–H and O–H groups in total. The quantitative estimate of drug-likeness (QED) is 0.668. The molecule has 0 bridgehead atoms. The van der Waals surface area contributed by atoms with Crippen LogP contribution in [0.3, 0.4) is 0 Å². The summed E-state index contributed by atoms with van der Waals surface area (Å²) in [6.45, 7) is 4.99. The van der Waals surface area contributed by atoms with Crippen LogP contribution in [-0.2, 0) is 4.74 Å². The first-order chi connectivity index (χ1) is 12.6. The van der Waals surface area contributed by atoms with Gasteiger partial charge >= 0.3 is 6.09 Å². The highest BCUT2D eigenvalue weighted by atomic mass is 32.1. The fraction of sp³-hybridized carbons (Fsp3) is 0.235. The number of halogens is 2. The molecule has 0 atom stereocenters. The molecule has 0 saturated carbocycles. The molecular weight excluding hydrogens is 378 g/mol. The number of rotatable bonds is 3. The Bertz CT molecular complexity index is 1020. The number of ether oxygens (including phenoxy) is 2. The molecule has 0 aliphatic rings. The second-order valence-electron chi connectivity index (χ2n) is 6.52. The molecule has 1 aromatic carbocycles. The number of thiazole rings is 1. The number of carbonyl (C=O) groups is 1. The Balaban J connectivity index is 1.85. The second kappa shape index (κ2) is 6.95. The van der Waals surface area contributed by atoms with E-state index in [2.05, 4.69) is 15.3 Å². The van der Waals surface area contributed by atoms with Crippen molar-refractivity contribution in [3.63, 3.8) is 0 Å². The van der Waals surface area contributed by atoms with E-state index in [4.69, 9.17) is 15.2 Å². The molecule has 0 fully saturated rings. The van der Waals surface area contributed by atoms with Gasteiger partial charge in [0.1, 0.15) is 21.8 Å². The first-order valence-corrected chi connectivity index (χ1v) is 8.62. The number of nitrogens with two attached hydrogens (primary N) is 1. The topological polar surface area (TPSA) is 99.4 Å². The minimum Gasteiger partial charge on any atom is -0.444 e. The number of fused-ring (bicyclic) bond motifs is 1. The molecule has 27 heavy (non-hydrogen) atoms. The largest absolute Gasteiger partial charge is 0.444 e. The lowest BCUT2D eigenvalue weighted by Crippen LogP contribution is -2.27. The van der Waals surface area contributed by atoms with Gasteiger partial charge in [-0.2, -0.15) is 0 Å². The lowest BCUT2D eigenvalue weighted by atomic mass is 10.2. The molecule has 10 heteroatoms. The number of amides is 1. The molecule has 3 rings (SSSR count). The minimum absolute atomic E-state index is 0.0693. The summed E-state index contributed by atoms with van der Waals surface area (Å²) in [5, 5.41) is 2.56. The van der Waals surface area contributed by atoms with Crippen LogP contribution in [0.1, 0.15) is 20.8 Å². The van der Waals surface area contributed by atoms with Gasteiger partial charge in [0.15, 0.2) is 16.7 Å². The van der Waals surface area contributed by atoms with E-state index in [1.54, 1.807) is 26.8 Å². The van der Waals surface area contributed by atoms with Crippen LogP contribution in [-0.4, -0.2) is 21.7 Å². The SMILES string of the molecule is CC(C)(C)OC(=O)Nc1cc(Oc2ccc3nc(N)sc3n2)c(F)cc1F. The van der Waals surface area contributed by atoms with E-state index >= 15 is 0 Å². The summed E-state index contributed by atoms with van der Waals surface area (Å²) in [5.74, 6) is -2.16. The van der Waals surface area contributed by atoms with Gasteiger partial charge in [-0.25, -0.2) is 23.5 Å². The summed E-state index contributed by atoms with van der Waals surface area (Å²) in [6.07, 6.45) is -0.876. The van der Waals surface area contributed by atoms with Crippen LogP contribution in [0.2, 0.25) is 0 Å². The van der Waals surface area contributed by atoms with Gasteiger partial charge in [0.05, 0.1) is 5.69 Å². The van der Waals surface area contributed by atoms with Crippen molar-refractivity contribution in [3.8, 4) is 11.6 Å². The van der Waals surface area contributed by atoms with E-state index in [9.17, 15) is 13.6 Å². The van der Waals surface area contributed by atoms with Crippen molar-refractivity contribution in [2.45, 2.75) is 26.4 Å². The Kier molecular flexibility index (Phi) is 4.83. The van der Waals surface area contributed by atoms with Crippen LogP contribution in [0.5, 0.6) is 11.6 Å². The molecule has 1 amide bonds. The summed E-state index contributed by atoms with van der Waals surface area (Å²) < 4.78 is 38.5. The predicted molar refractivity (Wildman–Crippen MR) is 98.1 cm³/mol. The van der Waals surface area contributed by atoms with Gasteiger partial charge in [-0.05, 0) is 26.8 Å². The van der Waals surface area contributed by atoms with Crippen molar-refractivity contribution in [3.05, 3.63) is 35.9 Å². The van der Waals surface area contributed by atoms with Crippen molar-refractivity contribution >= 4 is 38.6 Å². The lowest BCUT2D eigenvalue weighted by Gasteiger charge is -2.20. The highest BCUT2D eigenvalue weighted by Gasteiger charge is 2.19. The van der Waals surface area contributed by atoms with E-state index in [0.29, 0.717) is 21.5 Å². The Morgan fingerprint density at radius 1 is 1.19 bits per heavy atom. The Morgan fingerprint density at radius 3 is 2.63 bits per heavy atom. The molecule has 0 saturated heterocycles. The number of nitrogens with one attached hydrogen (secondary N) is 1. The minimum atomic E-state index is -0.968. The first kappa shape index (κ1) is 18.8. The highest BCUT2D eigenvalue weighted by Crippen LogP contribution is 2.31. The average molecular weight is 394 g/mol. The van der Waals surface area contributed by atoms with Gasteiger partial charge in [-0.15, -0.1) is 0 Å². The molecule has 0 unspecified atom stereocenters. The predicted octanol–water partition coefficient (Wildman–Crippen LogP) is 4.69. The van der Waals surface area contributed by atoms with Crippen LogP contribution in [0.15, 0.2) is 24.3 Å². The van der Waals surface area contributed by atoms with E-state index in [1.807, 2.05) is 0 Å². The number of pyridine rings is 1. The maximum Gasteiger partial charge on any atom is 0.412 e. The number of anilines is 2. The van der Waals surface area contributed by atoms with Gasteiger partial charge in [0.2, 0.25) is 5.88 Å².